The van der Waals surface area contributed by atoms with E-state index in [1.807, 2.05) is 0 Å². The first-order chi connectivity index (χ1) is 17.6. The third-order valence-corrected chi connectivity index (χ3v) is 5.29. The van der Waals surface area contributed by atoms with Gasteiger partial charge in [0.05, 0.1) is 11.3 Å². The van der Waals surface area contributed by atoms with Crippen LogP contribution in [-0.2, 0) is 11.2 Å². The molecule has 0 radical (unpaired) electrons. The number of benzene rings is 2. The maximum Gasteiger partial charge on any atom is 0.298 e. The third-order valence-electron chi connectivity index (χ3n) is 4.42. The Morgan fingerprint density at radius 3 is 2.00 bits per heavy atom. The molecule has 192 valence electrons. The molecule has 4 rings (SSSR count). The first-order valence-electron chi connectivity index (χ1n) is 10.3. The number of carbonyl (C=O) groups is 2. The van der Waals surface area contributed by atoms with Crippen molar-refractivity contribution in [3.8, 4) is 5.75 Å². The van der Waals surface area contributed by atoms with E-state index in [-0.39, 0.29) is 41.1 Å². The van der Waals surface area contributed by atoms with Crippen molar-refractivity contribution < 1.29 is 23.1 Å². The maximum absolute atomic E-state index is 13.4. The predicted octanol–water partition coefficient (Wildman–Crippen LogP) is 5.36. The number of hydrogen-bond acceptors (Lipinski definition) is 8. The summed E-state index contributed by atoms with van der Waals surface area (Å²) in [5.74, 6) is -0.402. The summed E-state index contributed by atoms with van der Waals surface area (Å²) < 4.78 is 31.5. The Hall–Kier alpha value is -3.90. The summed E-state index contributed by atoms with van der Waals surface area (Å²) in [5, 5.41) is 0. The van der Waals surface area contributed by atoms with Gasteiger partial charge >= 0.3 is 0 Å². The molecule has 37 heavy (non-hydrogen) atoms. The summed E-state index contributed by atoms with van der Waals surface area (Å²) in [7, 11) is 0. The number of Topliss-reactive ketones (excluding diaryl/α,β-unsaturated/α-hetero) is 1. The average molecular weight is 637 g/mol. The molecular formula is C25H21Br2F2N5O3. The standard InChI is InChI=1S/C13H10BrFN2O.C6H5BrN2O2.C6H6FN/c14-9-6-10(13(16)17-7-9)12(18)5-8-3-1-2-4-11(8)15;7-4-1-5(11-3-10)6(8)9-2-4;7-5-3-1-2-4-6(5)8/h1-4,6-7H,5H2,(H2,16,17);1-3H,(H2,8,9);1-4H,8H2. The Bertz CT molecular complexity index is 1350. The van der Waals surface area contributed by atoms with Gasteiger partial charge in [-0.15, -0.1) is 0 Å². The highest BCUT2D eigenvalue weighted by atomic mass is 79.9. The fourth-order valence-corrected chi connectivity index (χ4v) is 3.28. The number of nitrogen functional groups attached to an aromatic ring is 3. The fraction of sp³-hybridized carbons (Fsp3) is 0.0400. The summed E-state index contributed by atoms with van der Waals surface area (Å²) in [6.07, 6.45) is 3.00. The number of pyridine rings is 2. The summed E-state index contributed by atoms with van der Waals surface area (Å²) in [4.78, 5) is 29.6. The highest BCUT2D eigenvalue weighted by Crippen LogP contribution is 2.22. The summed E-state index contributed by atoms with van der Waals surface area (Å²) in [6.45, 7) is 0.305. The number of nitrogens with zero attached hydrogens (tertiary/aromatic N) is 2. The van der Waals surface area contributed by atoms with Crippen LogP contribution in [0.25, 0.3) is 0 Å². The number of anilines is 3. The minimum absolute atomic E-state index is 0.0327. The van der Waals surface area contributed by atoms with Crippen LogP contribution in [0.5, 0.6) is 5.75 Å². The Morgan fingerprint density at radius 1 is 0.865 bits per heavy atom. The Kier molecular flexibility index (Phi) is 11.6. The van der Waals surface area contributed by atoms with Crippen molar-refractivity contribution in [2.45, 2.75) is 6.42 Å². The predicted molar refractivity (Wildman–Crippen MR) is 145 cm³/mol. The first kappa shape index (κ1) is 29.3. The lowest BCUT2D eigenvalue weighted by Gasteiger charge is -2.05. The van der Waals surface area contributed by atoms with Crippen LogP contribution in [0.3, 0.4) is 0 Å². The second kappa shape index (κ2) is 14.6. The number of rotatable bonds is 5. The number of ether oxygens (including phenoxy) is 1. The van der Waals surface area contributed by atoms with Crippen LogP contribution in [0.2, 0.25) is 0 Å². The molecule has 0 aliphatic heterocycles. The monoisotopic (exact) mass is 635 g/mol. The van der Waals surface area contributed by atoms with Crippen molar-refractivity contribution in [1.29, 1.82) is 0 Å². The van der Waals surface area contributed by atoms with Crippen molar-refractivity contribution in [2.75, 3.05) is 17.2 Å². The SMILES string of the molecule is Nc1ccccc1F.Nc1ncc(Br)cc1C(=O)Cc1ccccc1F.Nc1ncc(Br)cc1OC=O. The van der Waals surface area contributed by atoms with Gasteiger partial charge in [0.15, 0.2) is 17.4 Å². The van der Waals surface area contributed by atoms with E-state index in [0.29, 0.717) is 26.5 Å². The minimum Gasteiger partial charge on any atom is -0.425 e. The van der Waals surface area contributed by atoms with Crippen molar-refractivity contribution in [2.24, 2.45) is 0 Å². The first-order valence-corrected chi connectivity index (χ1v) is 11.9. The molecule has 6 N–H and O–H groups in total. The van der Waals surface area contributed by atoms with Gasteiger partial charge in [0.1, 0.15) is 17.5 Å². The topological polar surface area (TPSA) is 147 Å². The molecular weight excluding hydrogens is 616 g/mol. The number of nitrogens with two attached hydrogens (primary N) is 3. The van der Waals surface area contributed by atoms with Crippen LogP contribution < -0.4 is 21.9 Å². The van der Waals surface area contributed by atoms with Crippen LogP contribution in [0.4, 0.5) is 26.1 Å². The van der Waals surface area contributed by atoms with E-state index in [1.54, 1.807) is 42.5 Å². The molecule has 2 aromatic carbocycles. The van der Waals surface area contributed by atoms with Gasteiger partial charge in [0.2, 0.25) is 0 Å². The van der Waals surface area contributed by atoms with E-state index in [1.165, 1.54) is 30.6 Å². The molecule has 12 heteroatoms. The zero-order valence-electron chi connectivity index (χ0n) is 19.1. The number of para-hydroxylation sites is 1. The molecule has 4 aromatic rings. The van der Waals surface area contributed by atoms with Gasteiger partial charge in [-0.3, -0.25) is 9.59 Å². The molecule has 0 unspecified atom stereocenters. The van der Waals surface area contributed by atoms with Crippen molar-refractivity contribution in [3.63, 3.8) is 0 Å². The highest BCUT2D eigenvalue weighted by molar-refractivity contribution is 9.10. The van der Waals surface area contributed by atoms with Crippen LogP contribution in [0.15, 0.2) is 82.0 Å². The van der Waals surface area contributed by atoms with E-state index >= 15 is 0 Å². The van der Waals surface area contributed by atoms with Crippen molar-refractivity contribution in [1.82, 2.24) is 9.97 Å². The molecule has 0 spiro atoms. The van der Waals surface area contributed by atoms with E-state index < -0.39 is 5.82 Å². The van der Waals surface area contributed by atoms with Crippen molar-refractivity contribution in [3.05, 3.63) is 105 Å². The molecule has 0 saturated carbocycles. The number of ketones is 1. The Labute approximate surface area is 228 Å². The smallest absolute Gasteiger partial charge is 0.298 e. The molecule has 0 atom stereocenters. The van der Waals surface area contributed by atoms with E-state index in [4.69, 9.17) is 17.2 Å². The van der Waals surface area contributed by atoms with Crippen LogP contribution in [0, 0.1) is 11.6 Å². The van der Waals surface area contributed by atoms with Gasteiger partial charge < -0.3 is 21.9 Å². The van der Waals surface area contributed by atoms with Gasteiger partial charge in [0.25, 0.3) is 6.47 Å². The Morgan fingerprint density at radius 2 is 1.43 bits per heavy atom. The molecule has 0 bridgehead atoms. The van der Waals surface area contributed by atoms with Crippen molar-refractivity contribution >= 4 is 61.4 Å². The lowest BCUT2D eigenvalue weighted by atomic mass is 10.0. The molecule has 0 aliphatic rings. The summed E-state index contributed by atoms with van der Waals surface area (Å²) >= 11 is 6.37. The normalized spacial score (nSPS) is 9.73. The zero-order valence-corrected chi connectivity index (χ0v) is 22.2. The Balaban J connectivity index is 0.000000215. The summed E-state index contributed by atoms with van der Waals surface area (Å²) in [5.41, 5.74) is 17.0. The van der Waals surface area contributed by atoms with E-state index in [2.05, 4.69) is 46.6 Å². The molecule has 0 aliphatic carbocycles. The number of aromatic nitrogens is 2. The van der Waals surface area contributed by atoms with Gasteiger partial charge in [-0.2, -0.15) is 0 Å². The number of carbonyl (C=O) groups excluding carboxylic acids is 2. The molecule has 2 heterocycles. The van der Waals surface area contributed by atoms with E-state index in [9.17, 15) is 18.4 Å². The molecule has 2 aromatic heterocycles. The minimum atomic E-state index is -0.396. The second-order valence-electron chi connectivity index (χ2n) is 7.05. The maximum atomic E-state index is 13.4. The molecule has 0 amide bonds. The molecule has 0 saturated heterocycles. The van der Waals surface area contributed by atoms with Crippen LogP contribution >= 0.6 is 31.9 Å². The lowest BCUT2D eigenvalue weighted by molar-refractivity contribution is -0.120. The second-order valence-corrected chi connectivity index (χ2v) is 8.88. The zero-order chi connectivity index (χ0) is 27.4. The van der Waals surface area contributed by atoms with Gasteiger partial charge in [-0.05, 0) is 61.7 Å². The quantitative estimate of drug-likeness (QED) is 0.151. The number of halogens is 4. The van der Waals surface area contributed by atoms with Crippen LogP contribution in [0.1, 0.15) is 15.9 Å². The third kappa shape index (κ3) is 9.58. The average Bonchev–Trinajstić information content (AvgIpc) is 2.87. The summed E-state index contributed by atoms with van der Waals surface area (Å²) in [6, 6.07) is 15.5. The largest absolute Gasteiger partial charge is 0.425 e. The highest BCUT2D eigenvalue weighted by Gasteiger charge is 2.14. The van der Waals surface area contributed by atoms with Gasteiger partial charge in [-0.1, -0.05) is 30.3 Å². The molecule has 0 fully saturated rings. The fourth-order valence-electron chi connectivity index (χ4n) is 2.64. The van der Waals surface area contributed by atoms with E-state index in [0.717, 1.165) is 0 Å². The van der Waals surface area contributed by atoms with Gasteiger partial charge in [0, 0.05) is 33.8 Å². The lowest BCUT2D eigenvalue weighted by Crippen LogP contribution is -2.09. The molecule has 8 nitrogen and oxygen atoms in total. The van der Waals surface area contributed by atoms with Gasteiger partial charge in [-0.25, -0.2) is 18.7 Å². The van der Waals surface area contributed by atoms with Crippen LogP contribution in [-0.4, -0.2) is 22.2 Å². The number of hydrogen-bond donors (Lipinski definition) is 3.